The first-order valence-corrected chi connectivity index (χ1v) is 19.4. The summed E-state index contributed by atoms with van der Waals surface area (Å²) < 4.78 is 9.04. The maximum atomic E-state index is 6.65. The van der Waals surface area contributed by atoms with E-state index in [1.54, 1.807) is 0 Å². The fourth-order valence-corrected chi connectivity index (χ4v) is 8.70. The Kier molecular flexibility index (Phi) is 7.82. The highest BCUT2D eigenvalue weighted by atomic mass is 16.3. The van der Waals surface area contributed by atoms with Gasteiger partial charge in [-0.15, -0.1) is 0 Å². The fourth-order valence-electron chi connectivity index (χ4n) is 8.70. The molecular weight excluding hydrogens is 693 g/mol. The number of furan rings is 1. The second kappa shape index (κ2) is 13.6. The lowest BCUT2D eigenvalue weighted by atomic mass is 9.94. The molecule has 0 saturated carbocycles. The third kappa shape index (κ3) is 5.43. The van der Waals surface area contributed by atoms with Crippen molar-refractivity contribution in [2.24, 2.45) is 0 Å². The Morgan fingerprint density at radius 2 is 0.895 bits per heavy atom. The van der Waals surface area contributed by atoms with Crippen molar-refractivity contribution in [3.05, 3.63) is 218 Å². The number of aromatic nitrogens is 1. The van der Waals surface area contributed by atoms with Crippen LogP contribution >= 0.6 is 0 Å². The van der Waals surface area contributed by atoms with E-state index in [0.717, 1.165) is 66.9 Å². The third-order valence-corrected chi connectivity index (χ3v) is 11.2. The van der Waals surface area contributed by atoms with Gasteiger partial charge in [0, 0.05) is 44.0 Å². The van der Waals surface area contributed by atoms with Gasteiger partial charge in [0.05, 0.1) is 22.4 Å². The summed E-state index contributed by atoms with van der Waals surface area (Å²) >= 11 is 0. The molecule has 268 valence electrons. The maximum absolute atomic E-state index is 6.65. The summed E-state index contributed by atoms with van der Waals surface area (Å²) in [5, 5.41) is 4.61. The van der Waals surface area contributed by atoms with E-state index >= 15 is 0 Å². The van der Waals surface area contributed by atoms with Crippen molar-refractivity contribution in [3.8, 4) is 39.1 Å². The molecule has 0 radical (unpaired) electrons. The van der Waals surface area contributed by atoms with Crippen molar-refractivity contribution in [3.63, 3.8) is 0 Å². The summed E-state index contributed by atoms with van der Waals surface area (Å²) in [7, 11) is 0. The molecule has 11 rings (SSSR count). The number of benzene rings is 9. The molecule has 0 saturated heterocycles. The highest BCUT2D eigenvalue weighted by Crippen LogP contribution is 2.48. The van der Waals surface area contributed by atoms with Gasteiger partial charge in [-0.3, -0.25) is 0 Å². The van der Waals surface area contributed by atoms with Crippen LogP contribution in [0.1, 0.15) is 0 Å². The van der Waals surface area contributed by atoms with Gasteiger partial charge < -0.3 is 13.9 Å². The molecule has 2 aromatic heterocycles. The molecule has 0 fully saturated rings. The summed E-state index contributed by atoms with van der Waals surface area (Å²) in [6.07, 6.45) is 0. The van der Waals surface area contributed by atoms with Gasteiger partial charge in [0.1, 0.15) is 11.2 Å². The molecule has 0 bridgehead atoms. The molecular formula is C54H36N2O. The second-order valence-electron chi connectivity index (χ2n) is 14.5. The van der Waals surface area contributed by atoms with E-state index in [-0.39, 0.29) is 0 Å². The predicted molar refractivity (Wildman–Crippen MR) is 239 cm³/mol. The zero-order chi connectivity index (χ0) is 37.7. The summed E-state index contributed by atoms with van der Waals surface area (Å²) in [5.74, 6) is 0. The van der Waals surface area contributed by atoms with Gasteiger partial charge in [0.2, 0.25) is 0 Å². The molecule has 0 spiro atoms. The number of anilines is 3. The molecule has 0 atom stereocenters. The second-order valence-corrected chi connectivity index (χ2v) is 14.5. The van der Waals surface area contributed by atoms with Crippen LogP contribution in [-0.2, 0) is 0 Å². The zero-order valence-corrected chi connectivity index (χ0v) is 31.1. The van der Waals surface area contributed by atoms with Gasteiger partial charge in [0.15, 0.2) is 0 Å². The molecule has 0 N–H and O–H groups in total. The standard InChI is InChI=1S/C54H36N2O/c1-3-17-37(18-4-1)41-21-7-8-22-42(41)38-33-35-40(36-34-38)56(48-28-12-9-23-43(48)45-26-15-27-46-44-24-11-14-32-52(44)57-54(45)46)51-31-16-30-50-53(51)47-25-10-13-29-49(47)55(50)39-19-5-2-6-20-39/h1-36H. The summed E-state index contributed by atoms with van der Waals surface area (Å²) in [4.78, 5) is 2.44. The normalized spacial score (nSPS) is 11.5. The Morgan fingerprint density at radius 1 is 0.351 bits per heavy atom. The fraction of sp³-hybridized carbons (Fsp3) is 0. The van der Waals surface area contributed by atoms with Crippen LogP contribution < -0.4 is 4.90 Å². The Bertz CT molecular complexity index is 3230. The van der Waals surface area contributed by atoms with Crippen LogP contribution in [0, 0.1) is 0 Å². The molecule has 11 aromatic rings. The van der Waals surface area contributed by atoms with E-state index in [2.05, 4.69) is 222 Å². The minimum atomic E-state index is 0.887. The number of fused-ring (bicyclic) bond motifs is 6. The average Bonchev–Trinajstić information content (AvgIpc) is 3.84. The van der Waals surface area contributed by atoms with Gasteiger partial charge in [-0.2, -0.15) is 0 Å². The molecule has 3 heteroatoms. The minimum Gasteiger partial charge on any atom is -0.455 e. The molecule has 0 unspecified atom stereocenters. The van der Waals surface area contributed by atoms with Crippen LogP contribution in [0.25, 0.3) is 82.8 Å². The molecule has 0 aliphatic carbocycles. The first kappa shape index (κ1) is 32.8. The van der Waals surface area contributed by atoms with E-state index in [1.807, 2.05) is 6.07 Å². The van der Waals surface area contributed by atoms with Crippen molar-refractivity contribution in [2.75, 3.05) is 4.90 Å². The SMILES string of the molecule is c1ccc(-c2ccccc2-c2ccc(N(c3ccccc3-c3cccc4c3oc3ccccc34)c3cccc4c3c3ccccc3n4-c3ccccc3)cc2)cc1. The predicted octanol–water partition coefficient (Wildman–Crippen LogP) is 15.2. The lowest BCUT2D eigenvalue weighted by Crippen LogP contribution is -2.11. The summed E-state index contributed by atoms with van der Waals surface area (Å²) in [5.41, 5.74) is 15.4. The summed E-state index contributed by atoms with van der Waals surface area (Å²) in [6.45, 7) is 0. The number of hydrogen-bond acceptors (Lipinski definition) is 2. The van der Waals surface area contributed by atoms with Crippen LogP contribution in [0.2, 0.25) is 0 Å². The quantitative estimate of drug-likeness (QED) is 0.163. The number of nitrogens with zero attached hydrogens (tertiary/aromatic N) is 2. The minimum absolute atomic E-state index is 0.887. The number of hydrogen-bond donors (Lipinski definition) is 0. The van der Waals surface area contributed by atoms with E-state index < -0.39 is 0 Å². The van der Waals surface area contributed by atoms with Crippen molar-refractivity contribution in [1.82, 2.24) is 4.57 Å². The molecule has 9 aromatic carbocycles. The number of para-hydroxylation sites is 5. The van der Waals surface area contributed by atoms with Gasteiger partial charge in [0.25, 0.3) is 0 Å². The summed E-state index contributed by atoms with van der Waals surface area (Å²) in [6, 6.07) is 78.0. The van der Waals surface area contributed by atoms with Gasteiger partial charge in [-0.25, -0.2) is 0 Å². The third-order valence-electron chi connectivity index (χ3n) is 11.2. The van der Waals surface area contributed by atoms with Crippen molar-refractivity contribution in [2.45, 2.75) is 0 Å². The smallest absolute Gasteiger partial charge is 0.143 e. The van der Waals surface area contributed by atoms with Gasteiger partial charge in [-0.1, -0.05) is 164 Å². The lowest BCUT2D eigenvalue weighted by Gasteiger charge is -2.29. The topological polar surface area (TPSA) is 21.3 Å². The van der Waals surface area contributed by atoms with Crippen LogP contribution in [0.3, 0.4) is 0 Å². The molecule has 57 heavy (non-hydrogen) atoms. The molecule has 0 aliphatic rings. The Balaban J connectivity index is 1.17. The molecule has 3 nitrogen and oxygen atoms in total. The van der Waals surface area contributed by atoms with Crippen LogP contribution in [0.5, 0.6) is 0 Å². The van der Waals surface area contributed by atoms with Crippen molar-refractivity contribution < 1.29 is 4.42 Å². The number of rotatable bonds is 7. The molecule has 0 aliphatic heterocycles. The van der Waals surface area contributed by atoms with Crippen molar-refractivity contribution in [1.29, 1.82) is 0 Å². The first-order valence-electron chi connectivity index (χ1n) is 19.4. The first-order chi connectivity index (χ1) is 28.3. The monoisotopic (exact) mass is 728 g/mol. The Morgan fingerprint density at radius 3 is 1.68 bits per heavy atom. The molecule has 0 amide bonds. The van der Waals surface area contributed by atoms with E-state index in [1.165, 1.54) is 33.0 Å². The Hall–Kier alpha value is -7.62. The van der Waals surface area contributed by atoms with E-state index in [9.17, 15) is 0 Å². The van der Waals surface area contributed by atoms with E-state index in [0.29, 0.717) is 0 Å². The van der Waals surface area contributed by atoms with Gasteiger partial charge >= 0.3 is 0 Å². The van der Waals surface area contributed by atoms with Crippen LogP contribution in [0.4, 0.5) is 17.1 Å². The van der Waals surface area contributed by atoms with Crippen LogP contribution in [0.15, 0.2) is 223 Å². The largest absolute Gasteiger partial charge is 0.455 e. The maximum Gasteiger partial charge on any atom is 0.143 e. The van der Waals surface area contributed by atoms with Crippen molar-refractivity contribution >= 4 is 60.8 Å². The highest BCUT2D eigenvalue weighted by Gasteiger charge is 2.24. The zero-order valence-electron chi connectivity index (χ0n) is 31.1. The van der Waals surface area contributed by atoms with Crippen LogP contribution in [-0.4, -0.2) is 4.57 Å². The van der Waals surface area contributed by atoms with Gasteiger partial charge in [-0.05, 0) is 76.9 Å². The molecule has 2 heterocycles. The van der Waals surface area contributed by atoms with E-state index in [4.69, 9.17) is 4.42 Å². The average molecular weight is 729 g/mol. The highest BCUT2D eigenvalue weighted by molar-refractivity contribution is 6.17. The Labute approximate surface area is 330 Å². The lowest BCUT2D eigenvalue weighted by molar-refractivity contribution is 0.670.